The number of hydrogen-bond donors (Lipinski definition) is 1. The molecule has 2 rings (SSSR count). The predicted octanol–water partition coefficient (Wildman–Crippen LogP) is 1.63. The van der Waals surface area contributed by atoms with Crippen LogP contribution in [0.15, 0.2) is 12.3 Å². The number of nitrogens with two attached hydrogens (primary N) is 1. The molecule has 104 valence electrons. The first-order chi connectivity index (χ1) is 8.97. The number of anilines is 1. The number of pyridine rings is 1. The minimum Gasteiger partial charge on any atom is -0.382 e. The lowest BCUT2D eigenvalue weighted by molar-refractivity contribution is -0.146. The highest BCUT2D eigenvalue weighted by atomic mass is 35.5. The molecule has 1 aliphatic heterocycles. The van der Waals surface area contributed by atoms with Crippen LogP contribution in [0.25, 0.3) is 0 Å². The number of alkyl halides is 2. The van der Waals surface area contributed by atoms with Crippen LogP contribution in [-0.2, 0) is 4.74 Å². The van der Waals surface area contributed by atoms with Crippen molar-refractivity contribution in [2.45, 2.75) is 6.61 Å². The number of ether oxygens (including phenoxy) is 1. The van der Waals surface area contributed by atoms with Gasteiger partial charge in [0, 0.05) is 25.2 Å². The molecule has 8 heteroatoms. The molecule has 0 spiro atoms. The van der Waals surface area contributed by atoms with Gasteiger partial charge in [-0.1, -0.05) is 11.6 Å². The van der Waals surface area contributed by atoms with Gasteiger partial charge in [0.25, 0.3) is 5.91 Å². The van der Waals surface area contributed by atoms with Crippen LogP contribution < -0.4 is 5.73 Å². The maximum absolute atomic E-state index is 12.0. The molecule has 0 saturated carbocycles. The summed E-state index contributed by atoms with van der Waals surface area (Å²) in [5, 5.41) is 0.212. The molecule has 0 atom stereocenters. The molecule has 0 aliphatic carbocycles. The van der Waals surface area contributed by atoms with Gasteiger partial charge in [-0.05, 0) is 6.07 Å². The van der Waals surface area contributed by atoms with Crippen LogP contribution in [0.3, 0.4) is 0 Å². The van der Waals surface area contributed by atoms with Gasteiger partial charge >= 0.3 is 6.61 Å². The zero-order valence-corrected chi connectivity index (χ0v) is 10.6. The highest BCUT2D eigenvalue weighted by molar-refractivity contribution is 6.33. The van der Waals surface area contributed by atoms with Crippen molar-refractivity contribution in [3.05, 3.63) is 22.8 Å². The van der Waals surface area contributed by atoms with Gasteiger partial charge in [-0.25, -0.2) is 4.98 Å². The lowest BCUT2D eigenvalue weighted by Gasteiger charge is -2.39. The van der Waals surface area contributed by atoms with Crippen LogP contribution in [-0.4, -0.2) is 42.1 Å². The fourth-order valence-electron chi connectivity index (χ4n) is 1.80. The number of amides is 1. The minimum atomic E-state index is -2.77. The van der Waals surface area contributed by atoms with Crippen LogP contribution in [0.5, 0.6) is 0 Å². The molecule has 2 heterocycles. The third-order valence-electron chi connectivity index (χ3n) is 2.82. The number of aromatic nitrogens is 1. The van der Waals surface area contributed by atoms with Gasteiger partial charge < -0.3 is 15.4 Å². The predicted molar refractivity (Wildman–Crippen MR) is 65.0 cm³/mol. The standard InChI is InChI=1S/C11H12ClF2N3O2/c12-8-1-7(2-16-9(8)15)10(18)17-3-6(4-17)5-19-11(13)14/h1-2,6,11H,3-5H2,(H2,15,16). The monoisotopic (exact) mass is 291 g/mol. The van der Waals surface area contributed by atoms with Crippen LogP contribution in [0.4, 0.5) is 14.6 Å². The second-order valence-corrected chi connectivity index (χ2v) is 4.67. The summed E-state index contributed by atoms with van der Waals surface area (Å²) in [4.78, 5) is 17.3. The Morgan fingerprint density at radius 3 is 2.89 bits per heavy atom. The van der Waals surface area contributed by atoms with E-state index < -0.39 is 6.61 Å². The smallest absolute Gasteiger partial charge is 0.345 e. The van der Waals surface area contributed by atoms with Crippen molar-refractivity contribution in [1.82, 2.24) is 9.88 Å². The Labute approximate surface area is 113 Å². The first kappa shape index (κ1) is 14.0. The van der Waals surface area contributed by atoms with E-state index in [-0.39, 0.29) is 29.3 Å². The molecular weight excluding hydrogens is 280 g/mol. The Balaban J connectivity index is 1.87. The maximum atomic E-state index is 12.0. The number of hydrogen-bond acceptors (Lipinski definition) is 4. The second kappa shape index (κ2) is 5.66. The van der Waals surface area contributed by atoms with Gasteiger partial charge in [-0.2, -0.15) is 8.78 Å². The van der Waals surface area contributed by atoms with E-state index in [4.69, 9.17) is 17.3 Å². The van der Waals surface area contributed by atoms with Crippen LogP contribution in [0, 0.1) is 5.92 Å². The van der Waals surface area contributed by atoms with Crippen LogP contribution in [0.1, 0.15) is 10.4 Å². The molecule has 2 N–H and O–H groups in total. The summed E-state index contributed by atoms with van der Waals surface area (Å²) in [5.74, 6) is -0.150. The van der Waals surface area contributed by atoms with Gasteiger partial charge in [-0.15, -0.1) is 0 Å². The lowest BCUT2D eigenvalue weighted by atomic mass is 10.0. The number of halogens is 3. The largest absolute Gasteiger partial charge is 0.382 e. The van der Waals surface area contributed by atoms with Crippen molar-refractivity contribution in [2.24, 2.45) is 5.92 Å². The third kappa shape index (κ3) is 3.30. The van der Waals surface area contributed by atoms with Gasteiger partial charge in [0.05, 0.1) is 17.2 Å². The summed E-state index contributed by atoms with van der Waals surface area (Å²) in [7, 11) is 0. The average Bonchev–Trinajstić information content (AvgIpc) is 2.30. The van der Waals surface area contributed by atoms with E-state index in [0.717, 1.165) is 0 Å². The molecule has 1 amide bonds. The fourth-order valence-corrected chi connectivity index (χ4v) is 1.96. The van der Waals surface area contributed by atoms with E-state index >= 15 is 0 Å². The van der Waals surface area contributed by atoms with E-state index in [1.54, 1.807) is 0 Å². The minimum absolute atomic E-state index is 0.0534. The number of carbonyl (C=O) groups excluding carboxylic acids is 1. The van der Waals surface area contributed by atoms with Crippen LogP contribution in [0.2, 0.25) is 5.02 Å². The zero-order chi connectivity index (χ0) is 14.0. The molecular formula is C11H12ClF2N3O2. The van der Waals surface area contributed by atoms with Crippen LogP contribution >= 0.6 is 11.6 Å². The molecule has 5 nitrogen and oxygen atoms in total. The Morgan fingerprint density at radius 2 is 2.32 bits per heavy atom. The molecule has 0 unspecified atom stereocenters. The van der Waals surface area contributed by atoms with Crippen molar-refractivity contribution in [3.63, 3.8) is 0 Å². The summed E-state index contributed by atoms with van der Waals surface area (Å²) in [6.45, 7) is -2.06. The SMILES string of the molecule is Nc1ncc(C(=O)N2CC(COC(F)F)C2)cc1Cl. The highest BCUT2D eigenvalue weighted by Crippen LogP contribution is 2.22. The zero-order valence-electron chi connectivity index (χ0n) is 9.85. The van der Waals surface area contributed by atoms with Crippen molar-refractivity contribution >= 4 is 23.3 Å². The second-order valence-electron chi connectivity index (χ2n) is 4.26. The Morgan fingerprint density at radius 1 is 1.63 bits per heavy atom. The number of nitrogen functional groups attached to an aromatic ring is 1. The van der Waals surface area contributed by atoms with Crippen molar-refractivity contribution in [1.29, 1.82) is 0 Å². The van der Waals surface area contributed by atoms with Gasteiger partial charge in [0.15, 0.2) is 0 Å². The summed E-state index contributed by atoms with van der Waals surface area (Å²) >= 11 is 5.78. The summed E-state index contributed by atoms with van der Waals surface area (Å²) in [6, 6.07) is 1.44. The van der Waals surface area contributed by atoms with Gasteiger partial charge in [-0.3, -0.25) is 4.79 Å². The summed E-state index contributed by atoms with van der Waals surface area (Å²) < 4.78 is 27.8. The van der Waals surface area contributed by atoms with Crippen molar-refractivity contribution in [2.75, 3.05) is 25.4 Å². The first-order valence-corrected chi connectivity index (χ1v) is 5.95. The molecule has 1 saturated heterocycles. The molecule has 19 heavy (non-hydrogen) atoms. The van der Waals surface area contributed by atoms with Gasteiger partial charge in [0.1, 0.15) is 5.82 Å². The first-order valence-electron chi connectivity index (χ1n) is 5.57. The highest BCUT2D eigenvalue weighted by Gasteiger charge is 2.32. The van der Waals surface area contributed by atoms with Crippen molar-refractivity contribution < 1.29 is 18.3 Å². The normalized spacial score (nSPS) is 15.7. The van der Waals surface area contributed by atoms with E-state index in [9.17, 15) is 13.6 Å². The van der Waals surface area contributed by atoms with E-state index in [1.165, 1.54) is 17.2 Å². The maximum Gasteiger partial charge on any atom is 0.345 e. The Hall–Kier alpha value is -1.47. The average molecular weight is 292 g/mol. The molecule has 1 fully saturated rings. The Bertz CT molecular complexity index is 481. The molecule has 0 radical (unpaired) electrons. The summed E-state index contributed by atoms with van der Waals surface area (Å²) in [5.41, 5.74) is 5.77. The van der Waals surface area contributed by atoms with E-state index in [2.05, 4.69) is 9.72 Å². The van der Waals surface area contributed by atoms with Crippen molar-refractivity contribution in [3.8, 4) is 0 Å². The van der Waals surface area contributed by atoms with E-state index in [1.807, 2.05) is 0 Å². The van der Waals surface area contributed by atoms with Gasteiger partial charge in [0.2, 0.25) is 0 Å². The Kier molecular flexibility index (Phi) is 4.16. The third-order valence-corrected chi connectivity index (χ3v) is 3.12. The van der Waals surface area contributed by atoms with E-state index in [0.29, 0.717) is 18.7 Å². The molecule has 0 bridgehead atoms. The number of carbonyl (C=O) groups is 1. The number of nitrogens with zero attached hydrogens (tertiary/aromatic N) is 2. The molecule has 1 aliphatic rings. The number of likely N-dealkylation sites (tertiary alicyclic amines) is 1. The quantitative estimate of drug-likeness (QED) is 0.915. The topological polar surface area (TPSA) is 68.5 Å². The molecule has 1 aromatic rings. The lowest BCUT2D eigenvalue weighted by Crippen LogP contribution is -2.51. The molecule has 1 aromatic heterocycles. The number of rotatable bonds is 4. The fraction of sp³-hybridized carbons (Fsp3) is 0.455. The summed E-state index contributed by atoms with van der Waals surface area (Å²) in [6.07, 6.45) is 1.34. The molecule has 0 aromatic carbocycles.